The molecular weight excluding hydrogens is 186 g/mol. The number of nitrogens with one attached hydrogen (secondary N) is 1. The lowest BCUT2D eigenvalue weighted by Gasteiger charge is -2.00. The van der Waals surface area contributed by atoms with E-state index in [1.807, 2.05) is 5.48 Å². The van der Waals surface area contributed by atoms with E-state index in [2.05, 4.69) is 15.0 Å². The third-order valence-corrected chi connectivity index (χ3v) is 1.85. The molecule has 2 aromatic rings. The first kappa shape index (κ1) is 8.85. The van der Waals surface area contributed by atoms with E-state index in [1.54, 1.807) is 4.57 Å². The Bertz CT molecular complexity index is 441. The first-order chi connectivity index (χ1) is 6.86. The maximum Gasteiger partial charge on any atom is 0.181 e. The van der Waals surface area contributed by atoms with Gasteiger partial charge in [-0.25, -0.2) is 15.0 Å². The Kier molecular flexibility index (Phi) is 2.25. The number of aliphatic hydroxyl groups excluding tert-OH is 1. The number of aliphatic hydroxyl groups is 1. The molecule has 2 aromatic heterocycles. The predicted octanol–water partition coefficient (Wildman–Crippen LogP) is -0.380. The molecule has 0 aliphatic carbocycles. The molecule has 0 amide bonds. The third-order valence-electron chi connectivity index (χ3n) is 1.85. The van der Waals surface area contributed by atoms with Crippen molar-refractivity contribution in [1.82, 2.24) is 19.5 Å². The van der Waals surface area contributed by atoms with Gasteiger partial charge in [0, 0.05) is 6.54 Å². The molecule has 7 heteroatoms. The lowest BCUT2D eigenvalue weighted by molar-refractivity contribution is 0.277. The highest BCUT2D eigenvalue weighted by atomic mass is 16.5. The normalized spacial score (nSPS) is 10.7. The summed E-state index contributed by atoms with van der Waals surface area (Å²) in [5.41, 5.74) is 2.99. The van der Waals surface area contributed by atoms with Crippen LogP contribution in [0.5, 0.6) is 0 Å². The minimum absolute atomic E-state index is 0.0113. The van der Waals surface area contributed by atoms with Crippen molar-refractivity contribution >= 4 is 17.0 Å². The molecule has 0 unspecified atom stereocenters. The number of hydrogen-bond donors (Lipinski definition) is 3. The molecule has 0 saturated carbocycles. The summed E-state index contributed by atoms with van der Waals surface area (Å²) in [5, 5.41) is 17.5. The summed E-state index contributed by atoms with van der Waals surface area (Å²) < 4.78 is 1.68. The van der Waals surface area contributed by atoms with Gasteiger partial charge in [0.05, 0.1) is 12.9 Å². The SMILES string of the molecule is OCCn1cnc2c(NO)ncnc21. The number of aromatic nitrogens is 4. The fourth-order valence-electron chi connectivity index (χ4n) is 1.23. The maximum absolute atomic E-state index is 8.77. The van der Waals surface area contributed by atoms with Crippen LogP contribution in [0.4, 0.5) is 5.82 Å². The molecule has 0 spiro atoms. The van der Waals surface area contributed by atoms with Crippen LogP contribution in [-0.4, -0.2) is 36.4 Å². The molecule has 3 N–H and O–H groups in total. The van der Waals surface area contributed by atoms with Crippen LogP contribution in [0, 0.1) is 0 Å². The number of nitrogens with zero attached hydrogens (tertiary/aromatic N) is 4. The molecule has 0 saturated heterocycles. The summed E-state index contributed by atoms with van der Waals surface area (Å²) in [6.07, 6.45) is 2.85. The van der Waals surface area contributed by atoms with Gasteiger partial charge in [-0.05, 0) is 0 Å². The van der Waals surface area contributed by atoms with Gasteiger partial charge in [-0.2, -0.15) is 0 Å². The molecule has 74 valence electrons. The van der Waals surface area contributed by atoms with Gasteiger partial charge < -0.3 is 9.67 Å². The zero-order valence-electron chi connectivity index (χ0n) is 7.25. The lowest BCUT2D eigenvalue weighted by atomic mass is 10.5. The minimum atomic E-state index is 0.0113. The fraction of sp³-hybridized carbons (Fsp3) is 0.286. The molecule has 0 aromatic carbocycles. The maximum atomic E-state index is 8.77. The topological polar surface area (TPSA) is 96.1 Å². The van der Waals surface area contributed by atoms with Crippen LogP contribution in [0.2, 0.25) is 0 Å². The van der Waals surface area contributed by atoms with E-state index in [9.17, 15) is 0 Å². The lowest BCUT2D eigenvalue weighted by Crippen LogP contribution is -2.02. The Balaban J connectivity index is 2.57. The molecule has 7 nitrogen and oxygen atoms in total. The van der Waals surface area contributed by atoms with Crippen LogP contribution in [-0.2, 0) is 6.54 Å². The van der Waals surface area contributed by atoms with Gasteiger partial charge in [-0.15, -0.1) is 0 Å². The fourth-order valence-corrected chi connectivity index (χ4v) is 1.23. The second kappa shape index (κ2) is 3.56. The second-order valence-electron chi connectivity index (χ2n) is 2.67. The van der Waals surface area contributed by atoms with Crippen LogP contribution < -0.4 is 5.48 Å². The van der Waals surface area contributed by atoms with Gasteiger partial charge in [0.15, 0.2) is 17.0 Å². The molecule has 0 fully saturated rings. The molecule has 0 bridgehead atoms. The van der Waals surface area contributed by atoms with E-state index in [1.165, 1.54) is 12.7 Å². The van der Waals surface area contributed by atoms with Gasteiger partial charge in [0.25, 0.3) is 0 Å². The van der Waals surface area contributed by atoms with E-state index in [4.69, 9.17) is 10.3 Å². The van der Waals surface area contributed by atoms with Crippen LogP contribution in [0.1, 0.15) is 0 Å². The third kappa shape index (κ3) is 1.28. The first-order valence-electron chi connectivity index (χ1n) is 4.03. The smallest absolute Gasteiger partial charge is 0.181 e. The Labute approximate surface area is 79.0 Å². The van der Waals surface area contributed by atoms with Crippen molar-refractivity contribution in [3.63, 3.8) is 0 Å². The summed E-state index contributed by atoms with van der Waals surface area (Å²) in [6, 6.07) is 0. The van der Waals surface area contributed by atoms with Gasteiger partial charge in [0.2, 0.25) is 0 Å². The Morgan fingerprint density at radius 2 is 2.21 bits per heavy atom. The van der Waals surface area contributed by atoms with Gasteiger partial charge >= 0.3 is 0 Å². The average molecular weight is 195 g/mol. The molecule has 0 radical (unpaired) electrons. The first-order valence-corrected chi connectivity index (χ1v) is 4.03. The van der Waals surface area contributed by atoms with Crippen molar-refractivity contribution in [1.29, 1.82) is 0 Å². The van der Waals surface area contributed by atoms with Gasteiger partial charge in [-0.1, -0.05) is 0 Å². The highest BCUT2D eigenvalue weighted by Crippen LogP contribution is 2.15. The van der Waals surface area contributed by atoms with Crippen LogP contribution >= 0.6 is 0 Å². The highest BCUT2D eigenvalue weighted by molar-refractivity contribution is 5.81. The van der Waals surface area contributed by atoms with Crippen LogP contribution in [0.25, 0.3) is 11.2 Å². The number of anilines is 1. The average Bonchev–Trinajstić information content (AvgIpc) is 2.62. The van der Waals surface area contributed by atoms with Crippen molar-refractivity contribution in [2.75, 3.05) is 12.1 Å². The number of imidazole rings is 1. The summed E-state index contributed by atoms with van der Waals surface area (Å²) in [4.78, 5) is 11.8. The number of rotatable bonds is 3. The van der Waals surface area contributed by atoms with Crippen LogP contribution in [0.3, 0.4) is 0 Å². The number of fused-ring (bicyclic) bond motifs is 1. The van der Waals surface area contributed by atoms with Crippen molar-refractivity contribution in [3.05, 3.63) is 12.7 Å². The summed E-state index contributed by atoms with van der Waals surface area (Å²) >= 11 is 0. The quantitative estimate of drug-likeness (QED) is 0.578. The zero-order valence-corrected chi connectivity index (χ0v) is 7.25. The zero-order chi connectivity index (χ0) is 9.97. The van der Waals surface area contributed by atoms with Crippen molar-refractivity contribution < 1.29 is 10.3 Å². The van der Waals surface area contributed by atoms with Crippen LogP contribution in [0.15, 0.2) is 12.7 Å². The second-order valence-corrected chi connectivity index (χ2v) is 2.67. The molecule has 2 heterocycles. The minimum Gasteiger partial charge on any atom is -0.395 e. The monoisotopic (exact) mass is 195 g/mol. The van der Waals surface area contributed by atoms with Crippen molar-refractivity contribution in [2.45, 2.75) is 6.54 Å². The van der Waals surface area contributed by atoms with E-state index >= 15 is 0 Å². The largest absolute Gasteiger partial charge is 0.395 e. The highest BCUT2D eigenvalue weighted by Gasteiger charge is 2.08. The van der Waals surface area contributed by atoms with Crippen molar-refractivity contribution in [2.24, 2.45) is 0 Å². The molecular formula is C7H9N5O2. The Morgan fingerprint density at radius 3 is 2.93 bits per heavy atom. The summed E-state index contributed by atoms with van der Waals surface area (Å²) in [7, 11) is 0. The molecule has 0 aliphatic rings. The van der Waals surface area contributed by atoms with Crippen molar-refractivity contribution in [3.8, 4) is 0 Å². The Hall–Kier alpha value is -1.73. The Morgan fingerprint density at radius 1 is 1.36 bits per heavy atom. The molecule has 2 rings (SSSR count). The standard InChI is InChI=1S/C7H9N5O2/c13-2-1-12-4-10-5-6(11-14)8-3-9-7(5)12/h3-4,13-14H,1-2H2,(H,8,9,11). The van der Waals surface area contributed by atoms with E-state index in [-0.39, 0.29) is 12.4 Å². The van der Waals surface area contributed by atoms with E-state index in [0.29, 0.717) is 17.7 Å². The van der Waals surface area contributed by atoms with E-state index < -0.39 is 0 Å². The predicted molar refractivity (Wildman–Crippen MR) is 47.8 cm³/mol. The van der Waals surface area contributed by atoms with E-state index in [0.717, 1.165) is 0 Å². The molecule has 0 aliphatic heterocycles. The summed E-state index contributed by atoms with van der Waals surface area (Å²) in [5.74, 6) is 0.256. The van der Waals surface area contributed by atoms with Gasteiger partial charge in [0.1, 0.15) is 6.33 Å². The molecule has 0 atom stereocenters. The molecule has 14 heavy (non-hydrogen) atoms. The number of hydrogen-bond acceptors (Lipinski definition) is 6. The summed E-state index contributed by atoms with van der Waals surface area (Å²) in [6.45, 7) is 0.426. The van der Waals surface area contributed by atoms with Gasteiger partial charge in [-0.3, -0.25) is 10.7 Å².